The van der Waals surface area contributed by atoms with E-state index in [9.17, 15) is 0 Å². The SMILES string of the molecule is CC1(C)CC(C=Cc2cccnc2)=CC(=C(C#N)C#N)C1. The van der Waals surface area contributed by atoms with Crippen molar-refractivity contribution in [3.63, 3.8) is 0 Å². The van der Waals surface area contributed by atoms with Crippen LogP contribution >= 0.6 is 0 Å². The molecule has 2 rings (SSSR count). The van der Waals surface area contributed by atoms with Crippen molar-refractivity contribution in [3.8, 4) is 12.1 Å². The summed E-state index contributed by atoms with van der Waals surface area (Å²) in [5.74, 6) is 0. The van der Waals surface area contributed by atoms with E-state index in [4.69, 9.17) is 10.5 Å². The minimum Gasteiger partial charge on any atom is -0.264 e. The van der Waals surface area contributed by atoms with Gasteiger partial charge in [-0.25, -0.2) is 0 Å². The Kier molecular flexibility index (Phi) is 4.36. The van der Waals surface area contributed by atoms with Gasteiger partial charge >= 0.3 is 0 Å². The lowest BCUT2D eigenvalue weighted by molar-refractivity contribution is 0.354. The van der Waals surface area contributed by atoms with Crippen molar-refractivity contribution in [1.82, 2.24) is 4.98 Å². The third-order valence-corrected chi connectivity index (χ3v) is 3.43. The summed E-state index contributed by atoms with van der Waals surface area (Å²) in [6, 6.07) is 7.87. The van der Waals surface area contributed by atoms with Crippen molar-refractivity contribution in [2.24, 2.45) is 5.41 Å². The van der Waals surface area contributed by atoms with Crippen LogP contribution in [0.5, 0.6) is 0 Å². The molecule has 0 atom stereocenters. The Morgan fingerprint density at radius 1 is 1.24 bits per heavy atom. The zero-order valence-corrected chi connectivity index (χ0v) is 12.3. The highest BCUT2D eigenvalue weighted by atomic mass is 14.6. The first-order valence-corrected chi connectivity index (χ1v) is 6.86. The predicted octanol–water partition coefficient (Wildman–Crippen LogP) is 4.18. The van der Waals surface area contributed by atoms with E-state index >= 15 is 0 Å². The smallest absolute Gasteiger partial charge is 0.132 e. The van der Waals surface area contributed by atoms with Gasteiger partial charge in [0, 0.05) is 12.4 Å². The van der Waals surface area contributed by atoms with E-state index in [1.807, 2.05) is 42.5 Å². The second-order valence-electron chi connectivity index (χ2n) is 5.98. The number of rotatable bonds is 2. The van der Waals surface area contributed by atoms with Gasteiger partial charge in [-0.1, -0.05) is 38.1 Å². The summed E-state index contributed by atoms with van der Waals surface area (Å²) in [5, 5.41) is 18.1. The Morgan fingerprint density at radius 2 is 2.00 bits per heavy atom. The first-order valence-electron chi connectivity index (χ1n) is 6.86. The molecule has 0 fully saturated rings. The summed E-state index contributed by atoms with van der Waals surface area (Å²) in [7, 11) is 0. The number of allylic oxidation sites excluding steroid dienone is 5. The van der Waals surface area contributed by atoms with E-state index in [1.54, 1.807) is 12.4 Å². The first kappa shape index (κ1) is 14.8. The predicted molar refractivity (Wildman–Crippen MR) is 82.6 cm³/mol. The van der Waals surface area contributed by atoms with Gasteiger partial charge in [-0.3, -0.25) is 4.98 Å². The van der Waals surface area contributed by atoms with Gasteiger partial charge in [-0.15, -0.1) is 0 Å². The molecule has 0 saturated heterocycles. The lowest BCUT2D eigenvalue weighted by Crippen LogP contribution is -2.17. The summed E-state index contributed by atoms with van der Waals surface area (Å²) < 4.78 is 0. The molecule has 104 valence electrons. The van der Waals surface area contributed by atoms with Gasteiger partial charge < -0.3 is 0 Å². The summed E-state index contributed by atoms with van der Waals surface area (Å²) in [6.45, 7) is 4.31. The lowest BCUT2D eigenvalue weighted by Gasteiger charge is -2.30. The Labute approximate surface area is 125 Å². The molecule has 0 aromatic carbocycles. The monoisotopic (exact) mass is 275 g/mol. The molecule has 1 aromatic heterocycles. The van der Waals surface area contributed by atoms with Crippen LogP contribution in [-0.2, 0) is 0 Å². The van der Waals surface area contributed by atoms with Crippen LogP contribution in [0.1, 0.15) is 32.3 Å². The third kappa shape index (κ3) is 3.91. The van der Waals surface area contributed by atoms with Gasteiger partial charge in [0.1, 0.15) is 17.7 Å². The fraction of sp³-hybridized carbons (Fsp3) is 0.278. The van der Waals surface area contributed by atoms with E-state index in [2.05, 4.69) is 18.8 Å². The normalized spacial score (nSPS) is 17.0. The van der Waals surface area contributed by atoms with Crippen LogP contribution in [0.25, 0.3) is 6.08 Å². The molecule has 0 saturated carbocycles. The van der Waals surface area contributed by atoms with Crippen molar-refractivity contribution >= 4 is 6.08 Å². The van der Waals surface area contributed by atoms with Gasteiger partial charge in [0.25, 0.3) is 0 Å². The topological polar surface area (TPSA) is 60.5 Å². The molecule has 0 radical (unpaired) electrons. The van der Waals surface area contributed by atoms with Crippen LogP contribution in [0, 0.1) is 28.1 Å². The van der Waals surface area contributed by atoms with Crippen molar-refractivity contribution in [2.75, 3.05) is 0 Å². The summed E-state index contributed by atoms with van der Waals surface area (Å²) >= 11 is 0. The lowest BCUT2D eigenvalue weighted by atomic mass is 9.74. The van der Waals surface area contributed by atoms with Gasteiger partial charge in [0.15, 0.2) is 0 Å². The molecule has 0 unspecified atom stereocenters. The van der Waals surface area contributed by atoms with Crippen LogP contribution < -0.4 is 0 Å². The van der Waals surface area contributed by atoms with Crippen molar-refractivity contribution in [3.05, 3.63) is 59.0 Å². The highest BCUT2D eigenvalue weighted by molar-refractivity contribution is 5.55. The zero-order valence-electron chi connectivity index (χ0n) is 12.3. The molecular weight excluding hydrogens is 258 g/mol. The van der Waals surface area contributed by atoms with Crippen molar-refractivity contribution < 1.29 is 0 Å². The molecule has 0 aliphatic heterocycles. The first-order chi connectivity index (χ1) is 10.0. The van der Waals surface area contributed by atoms with Gasteiger partial charge in [0.2, 0.25) is 0 Å². The third-order valence-electron chi connectivity index (χ3n) is 3.43. The second-order valence-corrected chi connectivity index (χ2v) is 5.98. The number of pyridine rings is 1. The molecule has 0 N–H and O–H groups in total. The van der Waals surface area contributed by atoms with Gasteiger partial charge in [0.05, 0.1) is 0 Å². The summed E-state index contributed by atoms with van der Waals surface area (Å²) in [5.41, 5.74) is 3.27. The Bertz CT molecular complexity index is 676. The minimum atomic E-state index is 0.0532. The Hall–Kier alpha value is -2.65. The largest absolute Gasteiger partial charge is 0.264 e. The standard InChI is InChI=1S/C18H17N3/c1-18(2)9-15(6-5-14-4-3-7-21-13-14)8-16(10-18)17(11-19)12-20/h3-8,13H,9-10H2,1-2H3. The highest BCUT2D eigenvalue weighted by Gasteiger charge is 2.26. The van der Waals surface area contributed by atoms with E-state index in [0.29, 0.717) is 0 Å². The summed E-state index contributed by atoms with van der Waals surface area (Å²) in [6.07, 6.45) is 11.3. The maximum absolute atomic E-state index is 9.06. The average Bonchev–Trinajstić information content (AvgIpc) is 2.46. The van der Waals surface area contributed by atoms with Crippen LogP contribution in [0.4, 0.5) is 0 Å². The van der Waals surface area contributed by atoms with Crippen LogP contribution in [-0.4, -0.2) is 4.98 Å². The fourth-order valence-corrected chi connectivity index (χ4v) is 2.57. The van der Waals surface area contributed by atoms with Crippen LogP contribution in [0.15, 0.2) is 53.4 Å². The Balaban J connectivity index is 2.35. The zero-order chi connectivity index (χ0) is 15.3. The molecule has 1 aliphatic rings. The number of hydrogen-bond donors (Lipinski definition) is 0. The van der Waals surface area contributed by atoms with Gasteiger partial charge in [-0.05, 0) is 41.0 Å². The van der Waals surface area contributed by atoms with Crippen molar-refractivity contribution in [2.45, 2.75) is 26.7 Å². The molecule has 0 amide bonds. The maximum Gasteiger partial charge on any atom is 0.132 e. The van der Waals surface area contributed by atoms with E-state index in [-0.39, 0.29) is 11.0 Å². The molecule has 0 bridgehead atoms. The van der Waals surface area contributed by atoms with Crippen LogP contribution in [0.2, 0.25) is 0 Å². The second kappa shape index (κ2) is 6.20. The molecule has 1 aromatic rings. The van der Waals surface area contributed by atoms with E-state index < -0.39 is 0 Å². The number of hydrogen-bond acceptors (Lipinski definition) is 3. The molecule has 3 heteroatoms. The summed E-state index contributed by atoms with van der Waals surface area (Å²) in [4.78, 5) is 4.08. The minimum absolute atomic E-state index is 0.0532. The van der Waals surface area contributed by atoms with E-state index in [0.717, 1.165) is 29.6 Å². The average molecular weight is 275 g/mol. The highest BCUT2D eigenvalue weighted by Crippen LogP contribution is 2.39. The molecule has 3 nitrogen and oxygen atoms in total. The fourth-order valence-electron chi connectivity index (χ4n) is 2.57. The van der Waals surface area contributed by atoms with E-state index in [1.165, 1.54) is 0 Å². The molecular formula is C18H17N3. The van der Waals surface area contributed by atoms with Gasteiger partial charge in [-0.2, -0.15) is 10.5 Å². The number of aromatic nitrogens is 1. The molecule has 0 spiro atoms. The molecule has 21 heavy (non-hydrogen) atoms. The van der Waals surface area contributed by atoms with Crippen LogP contribution in [0.3, 0.4) is 0 Å². The van der Waals surface area contributed by atoms with Crippen molar-refractivity contribution in [1.29, 1.82) is 10.5 Å². The number of nitrogens with zero attached hydrogens (tertiary/aromatic N) is 3. The quantitative estimate of drug-likeness (QED) is 0.760. The number of nitriles is 2. The molecule has 1 aliphatic carbocycles. The Morgan fingerprint density at radius 3 is 2.62 bits per heavy atom. The molecule has 1 heterocycles. The maximum atomic E-state index is 9.06.